The molecule has 1 fully saturated rings. The van der Waals surface area contributed by atoms with E-state index < -0.39 is 17.6 Å². The largest absolute Gasteiger partial charge is 0.457 e. The molecule has 3 aromatic rings. The van der Waals surface area contributed by atoms with Gasteiger partial charge in [0.15, 0.2) is 0 Å². The van der Waals surface area contributed by atoms with E-state index >= 15 is 0 Å². The van der Waals surface area contributed by atoms with Crippen LogP contribution in [0.1, 0.15) is 18.4 Å². The van der Waals surface area contributed by atoms with Crippen LogP contribution in [0.4, 0.5) is 24.8 Å². The maximum Gasteiger partial charge on any atom is 0.416 e. The van der Waals surface area contributed by atoms with Gasteiger partial charge in [0.2, 0.25) is 0 Å². The smallest absolute Gasteiger partial charge is 0.416 e. The number of ether oxygens (including phenoxy) is 1. The molecule has 1 amide bonds. The number of hydrogen-bond acceptors (Lipinski definition) is 7. The van der Waals surface area contributed by atoms with Crippen molar-refractivity contribution in [1.82, 2.24) is 15.3 Å². The number of carbonyl (C=O) groups is 1. The molecule has 1 saturated carbocycles. The van der Waals surface area contributed by atoms with Crippen LogP contribution < -0.4 is 21.1 Å². The monoisotopic (exact) mass is 494 g/mol. The van der Waals surface area contributed by atoms with Crippen molar-refractivity contribution in [1.29, 1.82) is 5.26 Å². The van der Waals surface area contributed by atoms with Crippen LogP contribution >= 0.6 is 0 Å². The minimum Gasteiger partial charge on any atom is -0.457 e. The van der Waals surface area contributed by atoms with E-state index in [0.717, 1.165) is 12.1 Å². The molecule has 0 spiro atoms. The Kier molecular flexibility index (Phi) is 6.78. The van der Waals surface area contributed by atoms with Gasteiger partial charge in [-0.2, -0.15) is 18.4 Å². The summed E-state index contributed by atoms with van der Waals surface area (Å²) in [4.78, 5) is 20.1. The molecule has 1 heterocycles. The lowest BCUT2D eigenvalue weighted by Gasteiger charge is -2.36. The number of rotatable bonds is 7. The minimum atomic E-state index is -4.46. The lowest BCUT2D eigenvalue weighted by molar-refractivity contribution is -0.137. The Morgan fingerprint density at radius 1 is 1.11 bits per heavy atom. The van der Waals surface area contributed by atoms with Gasteiger partial charge in [-0.05, 0) is 48.7 Å². The highest BCUT2D eigenvalue weighted by molar-refractivity contribution is 5.96. The number of anilines is 2. The molecule has 184 valence electrons. The van der Waals surface area contributed by atoms with Gasteiger partial charge in [-0.3, -0.25) is 4.79 Å². The van der Waals surface area contributed by atoms with E-state index in [1.54, 1.807) is 30.3 Å². The zero-order valence-corrected chi connectivity index (χ0v) is 18.8. The summed E-state index contributed by atoms with van der Waals surface area (Å²) in [5.74, 6) is 0.672. The number of amides is 1. The van der Waals surface area contributed by atoms with Crippen LogP contribution in [0.5, 0.6) is 11.5 Å². The summed E-state index contributed by atoms with van der Waals surface area (Å²) < 4.78 is 44.4. The van der Waals surface area contributed by atoms with Gasteiger partial charge in [0.05, 0.1) is 11.1 Å². The lowest BCUT2D eigenvalue weighted by atomic mass is 9.86. The summed E-state index contributed by atoms with van der Waals surface area (Å²) in [5.41, 5.74) is 6.43. The summed E-state index contributed by atoms with van der Waals surface area (Å²) in [7, 11) is 0. The second-order valence-electron chi connectivity index (χ2n) is 8.21. The standard InChI is InChI=1S/C25H21F3N6O2/c1-14(12-29)24(35)34-18-10-17(11-18)33-23-21(22(30)31-13-32-23)15-5-7-19(8-6-15)36-20-4-2-3-16(9-20)25(26,27)28/h2-9,13,17-18H,1,10-11H2,(H,34,35)(H3,30,31,32,33)/t17-,18-. The summed E-state index contributed by atoms with van der Waals surface area (Å²) >= 11 is 0. The van der Waals surface area contributed by atoms with Crippen LogP contribution in [-0.2, 0) is 11.0 Å². The summed E-state index contributed by atoms with van der Waals surface area (Å²) in [6.07, 6.45) is -1.88. The Balaban J connectivity index is 1.44. The van der Waals surface area contributed by atoms with Crippen LogP contribution in [-0.4, -0.2) is 28.0 Å². The molecule has 0 saturated heterocycles. The molecule has 0 aliphatic heterocycles. The molecule has 36 heavy (non-hydrogen) atoms. The molecule has 1 aliphatic carbocycles. The third-order valence-electron chi connectivity index (χ3n) is 5.64. The highest BCUT2D eigenvalue weighted by Gasteiger charge is 2.32. The van der Waals surface area contributed by atoms with Gasteiger partial charge in [0.25, 0.3) is 5.91 Å². The van der Waals surface area contributed by atoms with E-state index in [0.29, 0.717) is 35.5 Å². The van der Waals surface area contributed by atoms with Crippen LogP contribution in [0.3, 0.4) is 0 Å². The molecular formula is C25H21F3N6O2. The van der Waals surface area contributed by atoms with Crippen LogP contribution in [0.25, 0.3) is 11.1 Å². The average molecular weight is 494 g/mol. The number of nitriles is 1. The van der Waals surface area contributed by atoms with E-state index in [4.69, 9.17) is 15.7 Å². The average Bonchev–Trinajstić information content (AvgIpc) is 2.82. The maximum atomic E-state index is 12.9. The Hall–Kier alpha value is -4.59. The van der Waals surface area contributed by atoms with Crippen LogP contribution in [0.15, 0.2) is 67.0 Å². The van der Waals surface area contributed by atoms with Gasteiger partial charge in [0.1, 0.15) is 41.1 Å². The Bertz CT molecular complexity index is 1330. The number of alkyl halides is 3. The van der Waals surface area contributed by atoms with Gasteiger partial charge in [-0.25, -0.2) is 9.97 Å². The van der Waals surface area contributed by atoms with Crippen molar-refractivity contribution >= 4 is 17.5 Å². The zero-order valence-electron chi connectivity index (χ0n) is 18.8. The highest BCUT2D eigenvalue weighted by atomic mass is 19.4. The molecule has 0 unspecified atom stereocenters. The molecule has 4 N–H and O–H groups in total. The minimum absolute atomic E-state index is 0.0159. The Morgan fingerprint density at radius 3 is 2.50 bits per heavy atom. The number of nitrogen functional groups attached to an aromatic ring is 1. The third kappa shape index (κ3) is 5.55. The topological polar surface area (TPSA) is 126 Å². The number of aromatic nitrogens is 2. The number of carbonyl (C=O) groups excluding carboxylic acids is 1. The first-order valence-electron chi connectivity index (χ1n) is 10.9. The molecule has 0 atom stereocenters. The number of hydrogen-bond donors (Lipinski definition) is 3. The van der Waals surface area contributed by atoms with Crippen LogP contribution in [0.2, 0.25) is 0 Å². The van der Waals surface area contributed by atoms with Gasteiger partial charge >= 0.3 is 6.18 Å². The number of nitrogens with two attached hydrogens (primary N) is 1. The van der Waals surface area contributed by atoms with Crippen molar-refractivity contribution in [2.75, 3.05) is 11.1 Å². The van der Waals surface area contributed by atoms with Crippen molar-refractivity contribution in [3.05, 3.63) is 72.6 Å². The second kappa shape index (κ2) is 9.95. The van der Waals surface area contributed by atoms with Crippen molar-refractivity contribution in [2.45, 2.75) is 31.1 Å². The van der Waals surface area contributed by atoms with E-state index in [9.17, 15) is 18.0 Å². The maximum absolute atomic E-state index is 12.9. The number of nitrogens with one attached hydrogen (secondary N) is 2. The Morgan fingerprint density at radius 2 is 1.83 bits per heavy atom. The van der Waals surface area contributed by atoms with E-state index in [1.807, 2.05) is 0 Å². The van der Waals surface area contributed by atoms with Gasteiger partial charge in [0, 0.05) is 12.1 Å². The molecule has 11 heteroatoms. The summed E-state index contributed by atoms with van der Waals surface area (Å²) in [5, 5.41) is 14.8. The van der Waals surface area contributed by atoms with E-state index in [2.05, 4.69) is 27.2 Å². The first-order chi connectivity index (χ1) is 17.1. The first-order valence-corrected chi connectivity index (χ1v) is 10.9. The number of nitrogens with zero attached hydrogens (tertiary/aromatic N) is 3. The predicted molar refractivity (Wildman–Crippen MR) is 127 cm³/mol. The van der Waals surface area contributed by atoms with Crippen molar-refractivity contribution < 1.29 is 22.7 Å². The predicted octanol–water partition coefficient (Wildman–Crippen LogP) is 4.68. The Labute approximate surface area is 204 Å². The van der Waals surface area contributed by atoms with Crippen LogP contribution in [0, 0.1) is 11.3 Å². The second-order valence-corrected chi connectivity index (χ2v) is 8.21. The zero-order chi connectivity index (χ0) is 25.9. The third-order valence-corrected chi connectivity index (χ3v) is 5.64. The first kappa shape index (κ1) is 24.5. The lowest BCUT2D eigenvalue weighted by Crippen LogP contribution is -2.50. The van der Waals surface area contributed by atoms with Crippen molar-refractivity contribution in [3.8, 4) is 28.7 Å². The summed E-state index contributed by atoms with van der Waals surface area (Å²) in [6, 6.07) is 12.9. The van der Waals surface area contributed by atoms with E-state index in [-0.39, 0.29) is 29.2 Å². The fraction of sp³-hybridized carbons (Fsp3) is 0.200. The normalized spacial score (nSPS) is 16.8. The highest BCUT2D eigenvalue weighted by Crippen LogP contribution is 2.36. The van der Waals surface area contributed by atoms with Gasteiger partial charge in [-0.1, -0.05) is 24.8 Å². The molecular weight excluding hydrogens is 473 g/mol. The number of benzene rings is 2. The molecule has 2 aromatic carbocycles. The molecule has 0 radical (unpaired) electrons. The summed E-state index contributed by atoms with van der Waals surface area (Å²) in [6.45, 7) is 3.40. The fourth-order valence-electron chi connectivity index (χ4n) is 3.73. The molecule has 1 aromatic heterocycles. The number of halogens is 3. The van der Waals surface area contributed by atoms with Gasteiger partial charge < -0.3 is 21.1 Å². The molecule has 8 nitrogen and oxygen atoms in total. The van der Waals surface area contributed by atoms with Crippen molar-refractivity contribution in [3.63, 3.8) is 0 Å². The molecule has 4 rings (SSSR count). The molecule has 0 bridgehead atoms. The van der Waals surface area contributed by atoms with Crippen molar-refractivity contribution in [2.24, 2.45) is 0 Å². The SMILES string of the molecule is C=C(C#N)C(=O)N[C@H]1C[C@H](Nc2ncnc(N)c2-c2ccc(Oc3cccc(C(F)(F)F)c3)cc2)C1. The fourth-order valence-corrected chi connectivity index (χ4v) is 3.73. The van der Waals surface area contributed by atoms with E-state index in [1.165, 1.54) is 18.5 Å². The molecule has 1 aliphatic rings. The quantitative estimate of drug-likeness (QED) is 0.322. The van der Waals surface area contributed by atoms with Gasteiger partial charge in [-0.15, -0.1) is 0 Å².